The fourth-order valence-electron chi connectivity index (χ4n) is 8.03. The predicted octanol–water partition coefficient (Wildman–Crippen LogP) is 6.77. The van der Waals surface area contributed by atoms with E-state index < -0.39 is 5.92 Å². The Balaban J connectivity index is 1.25. The van der Waals surface area contributed by atoms with Crippen molar-refractivity contribution >= 4 is 23.4 Å². The number of rotatable bonds is 10. The molecule has 3 heterocycles. The van der Waals surface area contributed by atoms with E-state index in [1.165, 1.54) is 13.2 Å². The molecular weight excluding hydrogens is 610 g/mol. The number of halogens is 3. The predicted molar refractivity (Wildman–Crippen MR) is 176 cm³/mol. The summed E-state index contributed by atoms with van der Waals surface area (Å²) in [4.78, 5) is 31.6. The first kappa shape index (κ1) is 34.9. The fourth-order valence-corrected chi connectivity index (χ4v) is 8.19. The Morgan fingerprint density at radius 1 is 1.00 bits per heavy atom. The van der Waals surface area contributed by atoms with E-state index in [1.54, 1.807) is 18.2 Å². The van der Waals surface area contributed by atoms with Crippen LogP contribution in [0.15, 0.2) is 30.3 Å². The number of hydrogen-bond donors (Lipinski definition) is 0. The highest BCUT2D eigenvalue weighted by atomic mass is 35.5. The van der Waals surface area contributed by atoms with Gasteiger partial charge in [-0.15, -0.1) is 0 Å². The molecule has 3 aliphatic heterocycles. The molecule has 5 atom stereocenters. The highest BCUT2D eigenvalue weighted by Gasteiger charge is 2.42. The van der Waals surface area contributed by atoms with Crippen molar-refractivity contribution in [2.24, 2.45) is 23.7 Å². The summed E-state index contributed by atoms with van der Waals surface area (Å²) in [7, 11) is 1.40. The van der Waals surface area contributed by atoms with E-state index in [-0.39, 0.29) is 47.1 Å². The molecule has 6 nitrogen and oxygen atoms in total. The monoisotopic (exact) mass is 658 g/mol. The van der Waals surface area contributed by atoms with E-state index in [2.05, 4.69) is 16.7 Å². The Labute approximate surface area is 277 Å². The number of carbonyl (C=O) groups excluding carboxylic acids is 2. The number of benzene rings is 2. The molecule has 0 N–H and O–H groups in total. The summed E-state index contributed by atoms with van der Waals surface area (Å²) in [5.41, 5.74) is 3.00. The van der Waals surface area contributed by atoms with E-state index >= 15 is 4.39 Å². The second-order valence-electron chi connectivity index (χ2n) is 13.8. The number of ketones is 1. The number of likely N-dealkylation sites (tertiary alicyclic amines) is 2. The molecule has 46 heavy (non-hydrogen) atoms. The van der Waals surface area contributed by atoms with Gasteiger partial charge in [0.15, 0.2) is 5.78 Å². The lowest BCUT2D eigenvalue weighted by Gasteiger charge is -2.31. The normalized spacial score (nSPS) is 24.8. The number of Topliss-reactive ketones (excluding diaryl/α,β-unsaturated/α-hetero) is 1. The lowest BCUT2D eigenvalue weighted by atomic mass is 9.76. The summed E-state index contributed by atoms with van der Waals surface area (Å²) in [5.74, 6) is -1.54. The molecule has 9 heteroatoms. The van der Waals surface area contributed by atoms with Gasteiger partial charge in [-0.25, -0.2) is 8.78 Å². The number of hydrogen-bond acceptors (Lipinski definition) is 6. The van der Waals surface area contributed by atoms with Gasteiger partial charge in [-0.05, 0) is 118 Å². The average Bonchev–Trinajstić information content (AvgIpc) is 3.35. The lowest BCUT2D eigenvalue weighted by Crippen LogP contribution is -2.39. The van der Waals surface area contributed by atoms with Gasteiger partial charge in [0.1, 0.15) is 11.6 Å². The van der Waals surface area contributed by atoms with Crippen LogP contribution in [-0.2, 0) is 25.5 Å². The van der Waals surface area contributed by atoms with Gasteiger partial charge in [0, 0.05) is 49.2 Å². The van der Waals surface area contributed by atoms with E-state index in [1.807, 2.05) is 19.9 Å². The molecule has 0 aromatic heterocycles. The summed E-state index contributed by atoms with van der Waals surface area (Å²) < 4.78 is 40.9. The molecule has 0 spiro atoms. The van der Waals surface area contributed by atoms with Crippen LogP contribution in [0.3, 0.4) is 0 Å². The maximum Gasteiger partial charge on any atom is 0.309 e. The van der Waals surface area contributed by atoms with Crippen LogP contribution in [0.25, 0.3) is 0 Å². The van der Waals surface area contributed by atoms with Crippen molar-refractivity contribution in [2.75, 3.05) is 53.0 Å². The van der Waals surface area contributed by atoms with E-state index in [9.17, 15) is 14.0 Å². The van der Waals surface area contributed by atoms with Crippen LogP contribution in [0.1, 0.15) is 67.2 Å². The summed E-state index contributed by atoms with van der Waals surface area (Å²) in [6, 6.07) is 8.54. The zero-order chi connectivity index (χ0) is 33.0. The summed E-state index contributed by atoms with van der Waals surface area (Å²) >= 11 is 6.08. The van der Waals surface area contributed by atoms with Crippen molar-refractivity contribution in [3.63, 3.8) is 0 Å². The van der Waals surface area contributed by atoms with Gasteiger partial charge in [0.2, 0.25) is 0 Å². The minimum atomic E-state index is -0.454. The molecule has 0 radical (unpaired) electrons. The SMILES string of the molecule is COC(=O)[C@H](Cc1cc(C)c(C)cc1F)C(C)C1CCCN(CC(=O)[C@@H]2CN(C3CCOCC3)C[C@H]2c2ccc(Cl)cc2F)CC1. The van der Waals surface area contributed by atoms with Crippen molar-refractivity contribution in [3.8, 4) is 0 Å². The zero-order valence-electron chi connectivity index (χ0n) is 27.7. The molecule has 2 aromatic carbocycles. The third-order valence-electron chi connectivity index (χ3n) is 11.1. The molecule has 3 fully saturated rings. The third-order valence-corrected chi connectivity index (χ3v) is 11.3. The average molecular weight is 659 g/mol. The molecule has 0 bridgehead atoms. The van der Waals surface area contributed by atoms with Gasteiger partial charge in [0.05, 0.1) is 19.6 Å². The molecule has 5 rings (SSSR count). The second kappa shape index (κ2) is 15.7. The van der Waals surface area contributed by atoms with Crippen LogP contribution in [-0.4, -0.2) is 80.6 Å². The van der Waals surface area contributed by atoms with Crippen LogP contribution in [0.4, 0.5) is 8.78 Å². The molecule has 2 aromatic rings. The Morgan fingerprint density at radius 3 is 2.46 bits per heavy atom. The lowest BCUT2D eigenvalue weighted by molar-refractivity contribution is -0.148. The number of esters is 1. The molecular formula is C37H49ClF2N2O4. The zero-order valence-corrected chi connectivity index (χ0v) is 28.5. The maximum absolute atomic E-state index is 15.2. The largest absolute Gasteiger partial charge is 0.469 e. The molecule has 2 unspecified atom stereocenters. The second-order valence-corrected chi connectivity index (χ2v) is 14.3. The maximum atomic E-state index is 15.2. The minimum absolute atomic E-state index is 0.00997. The van der Waals surface area contributed by atoms with Crippen LogP contribution in [0.5, 0.6) is 0 Å². The van der Waals surface area contributed by atoms with Gasteiger partial charge in [-0.2, -0.15) is 0 Å². The quantitative estimate of drug-likeness (QED) is 0.263. The summed E-state index contributed by atoms with van der Waals surface area (Å²) in [6.07, 6.45) is 4.81. The molecule has 3 saturated heterocycles. The molecule has 3 aliphatic rings. The van der Waals surface area contributed by atoms with E-state index in [4.69, 9.17) is 21.1 Å². The van der Waals surface area contributed by atoms with Gasteiger partial charge >= 0.3 is 5.97 Å². The highest BCUT2D eigenvalue weighted by Crippen LogP contribution is 2.39. The van der Waals surface area contributed by atoms with Crippen molar-refractivity contribution in [3.05, 3.63) is 69.2 Å². The molecule has 0 amide bonds. The van der Waals surface area contributed by atoms with Crippen LogP contribution in [0, 0.1) is 49.2 Å². The summed E-state index contributed by atoms with van der Waals surface area (Å²) in [5, 5.41) is 0.352. The fraction of sp³-hybridized carbons (Fsp3) is 0.622. The van der Waals surface area contributed by atoms with Crippen LogP contribution < -0.4 is 0 Å². The van der Waals surface area contributed by atoms with Crippen LogP contribution in [0.2, 0.25) is 5.02 Å². The standard InChI is InChI=1S/C37H49ClF2N2O4/c1-23-16-27(34(39)17-24(23)2)18-31(37(44)45-4)25(3)26-6-5-12-41(13-9-26)22-36(43)33-21-42(29-10-14-46-15-11-29)20-32(33)30-8-7-28(38)19-35(30)40/h7-8,16-17,19,25-26,29,31-33H,5-6,9-15,18,20-22H2,1-4H3/t25?,26?,31-,32+,33-/m1/s1. The molecule has 0 saturated carbocycles. The van der Waals surface area contributed by atoms with Crippen molar-refractivity contribution in [1.29, 1.82) is 0 Å². The van der Waals surface area contributed by atoms with Gasteiger partial charge in [0.25, 0.3) is 0 Å². The number of nitrogens with zero attached hydrogens (tertiary/aromatic N) is 2. The van der Waals surface area contributed by atoms with Crippen molar-refractivity contribution < 1.29 is 27.8 Å². The Kier molecular flexibility index (Phi) is 11.9. The number of ether oxygens (including phenoxy) is 2. The van der Waals surface area contributed by atoms with Gasteiger partial charge < -0.3 is 9.47 Å². The topological polar surface area (TPSA) is 59.1 Å². The Bertz CT molecular complexity index is 1380. The molecule has 252 valence electrons. The minimum Gasteiger partial charge on any atom is -0.469 e. The third kappa shape index (κ3) is 8.18. The first-order chi connectivity index (χ1) is 22.0. The number of carbonyl (C=O) groups is 2. The first-order valence-electron chi connectivity index (χ1n) is 16.9. The number of aryl methyl sites for hydroxylation is 2. The highest BCUT2D eigenvalue weighted by molar-refractivity contribution is 6.30. The van der Waals surface area contributed by atoms with E-state index in [0.717, 1.165) is 56.3 Å². The first-order valence-corrected chi connectivity index (χ1v) is 17.3. The van der Waals surface area contributed by atoms with Crippen molar-refractivity contribution in [1.82, 2.24) is 9.80 Å². The smallest absolute Gasteiger partial charge is 0.309 e. The van der Waals surface area contributed by atoms with Crippen LogP contribution >= 0.6 is 11.6 Å². The summed E-state index contributed by atoms with van der Waals surface area (Å²) in [6.45, 7) is 10.5. The van der Waals surface area contributed by atoms with Crippen molar-refractivity contribution in [2.45, 2.75) is 71.3 Å². The van der Waals surface area contributed by atoms with Gasteiger partial charge in [-0.1, -0.05) is 30.7 Å². The van der Waals surface area contributed by atoms with E-state index in [0.29, 0.717) is 61.5 Å². The van der Waals surface area contributed by atoms with Gasteiger partial charge in [-0.3, -0.25) is 19.4 Å². The number of methoxy groups -OCH3 is 1. The Morgan fingerprint density at radius 2 is 1.74 bits per heavy atom. The molecule has 0 aliphatic carbocycles. The Hall–Kier alpha value is -2.39.